The van der Waals surface area contributed by atoms with E-state index in [0.717, 1.165) is 5.39 Å². The lowest BCUT2D eigenvalue weighted by Crippen LogP contribution is -2.11. The van der Waals surface area contributed by atoms with Gasteiger partial charge in [0.25, 0.3) is 5.91 Å². The molecule has 0 radical (unpaired) electrons. The Balaban J connectivity index is 2.41. The second-order valence-corrected chi connectivity index (χ2v) is 3.95. The molecule has 0 aliphatic carbocycles. The van der Waals surface area contributed by atoms with Gasteiger partial charge in [-0.15, -0.1) is 0 Å². The fourth-order valence-corrected chi connectivity index (χ4v) is 1.57. The molecular formula is C14H13NO2. The lowest BCUT2D eigenvalue weighted by molar-refractivity contribution is -0.112. The Morgan fingerprint density at radius 1 is 1.29 bits per heavy atom. The van der Waals surface area contributed by atoms with Crippen molar-refractivity contribution in [3.05, 3.63) is 48.6 Å². The van der Waals surface area contributed by atoms with Crippen molar-refractivity contribution in [1.82, 2.24) is 0 Å². The predicted molar refractivity (Wildman–Crippen MR) is 69.1 cm³/mol. The zero-order valence-corrected chi connectivity index (χ0v) is 9.53. The van der Waals surface area contributed by atoms with E-state index in [2.05, 4.69) is 11.9 Å². The van der Waals surface area contributed by atoms with Crippen molar-refractivity contribution in [2.45, 2.75) is 6.92 Å². The molecule has 0 spiro atoms. The fourth-order valence-electron chi connectivity index (χ4n) is 1.57. The molecule has 2 aromatic carbocycles. The van der Waals surface area contributed by atoms with Gasteiger partial charge < -0.3 is 10.4 Å². The highest BCUT2D eigenvalue weighted by atomic mass is 16.3. The summed E-state index contributed by atoms with van der Waals surface area (Å²) in [6.45, 7) is 5.22. The van der Waals surface area contributed by atoms with E-state index in [1.54, 1.807) is 31.2 Å². The summed E-state index contributed by atoms with van der Waals surface area (Å²) in [5.41, 5.74) is 1.09. The van der Waals surface area contributed by atoms with Gasteiger partial charge in [0.15, 0.2) is 0 Å². The summed E-state index contributed by atoms with van der Waals surface area (Å²) < 4.78 is 0. The highest BCUT2D eigenvalue weighted by Gasteiger charge is 2.04. The largest absolute Gasteiger partial charge is 0.507 e. The molecule has 0 saturated carbocycles. The third-order valence-corrected chi connectivity index (χ3v) is 2.50. The van der Waals surface area contributed by atoms with Crippen molar-refractivity contribution >= 4 is 22.4 Å². The van der Waals surface area contributed by atoms with E-state index in [0.29, 0.717) is 16.6 Å². The molecule has 0 aromatic heterocycles. The summed E-state index contributed by atoms with van der Waals surface area (Å²) in [6.07, 6.45) is 0. The van der Waals surface area contributed by atoms with Crippen LogP contribution in [0.3, 0.4) is 0 Å². The number of fused-ring (bicyclic) bond motifs is 1. The highest BCUT2D eigenvalue weighted by molar-refractivity contribution is 6.04. The summed E-state index contributed by atoms with van der Waals surface area (Å²) in [5, 5.41) is 14.1. The quantitative estimate of drug-likeness (QED) is 0.774. The van der Waals surface area contributed by atoms with Crippen LogP contribution in [0.2, 0.25) is 0 Å². The molecule has 0 fully saturated rings. The average molecular weight is 227 g/mol. The number of phenolic OH excluding ortho intramolecular Hbond substituents is 1. The molecule has 0 heterocycles. The van der Waals surface area contributed by atoms with Gasteiger partial charge in [0, 0.05) is 16.6 Å². The van der Waals surface area contributed by atoms with Crippen molar-refractivity contribution in [3.8, 4) is 5.75 Å². The van der Waals surface area contributed by atoms with Crippen LogP contribution in [0.4, 0.5) is 5.69 Å². The van der Waals surface area contributed by atoms with Gasteiger partial charge in [0.05, 0.1) is 0 Å². The number of nitrogens with one attached hydrogen (secondary N) is 1. The third kappa shape index (κ3) is 2.28. The molecule has 2 rings (SSSR count). The van der Waals surface area contributed by atoms with Gasteiger partial charge in [-0.25, -0.2) is 0 Å². The summed E-state index contributed by atoms with van der Waals surface area (Å²) in [6, 6.07) is 10.7. The maximum absolute atomic E-state index is 11.5. The van der Waals surface area contributed by atoms with Gasteiger partial charge in [0.1, 0.15) is 5.75 Å². The second kappa shape index (κ2) is 4.29. The van der Waals surface area contributed by atoms with Crippen LogP contribution < -0.4 is 5.32 Å². The second-order valence-electron chi connectivity index (χ2n) is 3.95. The first-order chi connectivity index (χ1) is 8.08. The van der Waals surface area contributed by atoms with Gasteiger partial charge in [0.2, 0.25) is 0 Å². The Bertz CT molecular complexity index is 602. The van der Waals surface area contributed by atoms with E-state index in [1.165, 1.54) is 0 Å². The zero-order chi connectivity index (χ0) is 12.4. The van der Waals surface area contributed by atoms with E-state index in [1.807, 2.05) is 12.1 Å². The summed E-state index contributed by atoms with van der Waals surface area (Å²) in [5.74, 6) is -0.0197. The van der Waals surface area contributed by atoms with Crippen molar-refractivity contribution in [2.24, 2.45) is 0 Å². The van der Waals surface area contributed by atoms with Crippen LogP contribution >= 0.6 is 0 Å². The Hall–Kier alpha value is -2.29. The molecule has 1 amide bonds. The Labute approximate surface area is 99.4 Å². The molecule has 17 heavy (non-hydrogen) atoms. The minimum atomic E-state index is -0.222. The normalized spacial score (nSPS) is 10.2. The van der Waals surface area contributed by atoms with Gasteiger partial charge in [-0.05, 0) is 30.5 Å². The van der Waals surface area contributed by atoms with Crippen molar-refractivity contribution in [1.29, 1.82) is 0 Å². The van der Waals surface area contributed by atoms with Crippen LogP contribution in [0.1, 0.15) is 6.92 Å². The van der Waals surface area contributed by atoms with Crippen LogP contribution in [0, 0.1) is 0 Å². The van der Waals surface area contributed by atoms with Crippen LogP contribution in [0.5, 0.6) is 5.75 Å². The average Bonchev–Trinajstić information content (AvgIpc) is 2.30. The van der Waals surface area contributed by atoms with Crippen LogP contribution in [-0.2, 0) is 4.79 Å². The number of hydrogen-bond acceptors (Lipinski definition) is 2. The molecule has 0 unspecified atom stereocenters. The van der Waals surface area contributed by atoms with E-state index in [9.17, 15) is 9.90 Å². The van der Waals surface area contributed by atoms with E-state index < -0.39 is 0 Å². The fraction of sp³-hybridized carbons (Fsp3) is 0.0714. The number of carbonyl (C=O) groups is 1. The molecule has 0 bridgehead atoms. The molecule has 0 aliphatic heterocycles. The number of benzene rings is 2. The number of hydrogen-bond donors (Lipinski definition) is 2. The number of phenols is 1. The zero-order valence-electron chi connectivity index (χ0n) is 9.53. The monoisotopic (exact) mass is 227 g/mol. The molecule has 0 aliphatic rings. The number of carbonyl (C=O) groups excluding carboxylic acids is 1. The molecule has 86 valence electrons. The van der Waals surface area contributed by atoms with Crippen LogP contribution in [-0.4, -0.2) is 11.0 Å². The van der Waals surface area contributed by atoms with Crippen molar-refractivity contribution in [2.75, 3.05) is 5.32 Å². The van der Waals surface area contributed by atoms with E-state index in [-0.39, 0.29) is 11.7 Å². The number of rotatable bonds is 2. The number of amides is 1. The standard InChI is InChI=1S/C14H13NO2/c1-9(2)14(17)15-11-7-6-10-4-3-5-13(16)12(10)8-11/h3-8,16H,1H2,2H3,(H,15,17). The molecule has 2 N–H and O–H groups in total. The molecule has 0 atom stereocenters. The Morgan fingerprint density at radius 3 is 2.76 bits per heavy atom. The molecule has 3 heteroatoms. The first kappa shape index (κ1) is 11.2. The summed E-state index contributed by atoms with van der Waals surface area (Å²) >= 11 is 0. The first-order valence-corrected chi connectivity index (χ1v) is 5.26. The lowest BCUT2D eigenvalue weighted by atomic mass is 10.1. The number of anilines is 1. The Morgan fingerprint density at radius 2 is 2.06 bits per heavy atom. The first-order valence-electron chi connectivity index (χ1n) is 5.26. The third-order valence-electron chi connectivity index (χ3n) is 2.50. The highest BCUT2D eigenvalue weighted by Crippen LogP contribution is 2.27. The maximum Gasteiger partial charge on any atom is 0.250 e. The number of aromatic hydroxyl groups is 1. The van der Waals surface area contributed by atoms with Gasteiger partial charge in [-0.1, -0.05) is 24.8 Å². The molecule has 3 nitrogen and oxygen atoms in total. The van der Waals surface area contributed by atoms with Crippen molar-refractivity contribution in [3.63, 3.8) is 0 Å². The predicted octanol–water partition coefficient (Wildman–Crippen LogP) is 3.06. The smallest absolute Gasteiger partial charge is 0.250 e. The minimum Gasteiger partial charge on any atom is -0.507 e. The minimum absolute atomic E-state index is 0.203. The maximum atomic E-state index is 11.5. The molecule has 2 aromatic rings. The van der Waals surface area contributed by atoms with Gasteiger partial charge in [-0.3, -0.25) is 4.79 Å². The Kier molecular flexibility index (Phi) is 2.83. The molecule has 0 saturated heterocycles. The van der Waals surface area contributed by atoms with Crippen molar-refractivity contribution < 1.29 is 9.90 Å². The summed E-state index contributed by atoms with van der Waals surface area (Å²) in [7, 11) is 0. The van der Waals surface area contributed by atoms with E-state index >= 15 is 0 Å². The SMILES string of the molecule is C=C(C)C(=O)Nc1ccc2cccc(O)c2c1. The van der Waals surface area contributed by atoms with E-state index in [4.69, 9.17) is 0 Å². The summed E-state index contributed by atoms with van der Waals surface area (Å²) in [4.78, 5) is 11.5. The topological polar surface area (TPSA) is 49.3 Å². The van der Waals surface area contributed by atoms with Crippen LogP contribution in [0.15, 0.2) is 48.6 Å². The van der Waals surface area contributed by atoms with Gasteiger partial charge >= 0.3 is 0 Å². The molecular weight excluding hydrogens is 214 g/mol. The lowest BCUT2D eigenvalue weighted by Gasteiger charge is -2.07. The van der Waals surface area contributed by atoms with Crippen LogP contribution in [0.25, 0.3) is 10.8 Å². The van der Waals surface area contributed by atoms with Gasteiger partial charge in [-0.2, -0.15) is 0 Å².